The number of hydrogen-bond acceptors (Lipinski definition) is 5. The molecule has 478 valence electrons. The summed E-state index contributed by atoms with van der Waals surface area (Å²) in [6.07, 6.45) is 90.9. The molecular formula is C75H143NO5. The first kappa shape index (κ1) is 79.1. The van der Waals surface area contributed by atoms with Gasteiger partial charge in [-0.3, -0.25) is 9.59 Å². The highest BCUT2D eigenvalue weighted by Crippen LogP contribution is 2.19. The summed E-state index contributed by atoms with van der Waals surface area (Å²) in [6.45, 7) is 4.92. The summed E-state index contributed by atoms with van der Waals surface area (Å²) in [5.74, 6) is -0.0604. The molecule has 0 aliphatic heterocycles. The highest BCUT2D eigenvalue weighted by Gasteiger charge is 2.18. The van der Waals surface area contributed by atoms with Crippen molar-refractivity contribution in [3.8, 4) is 0 Å². The molecule has 3 N–H and O–H groups in total. The lowest BCUT2D eigenvalue weighted by Crippen LogP contribution is -2.45. The van der Waals surface area contributed by atoms with Crippen molar-refractivity contribution in [3.05, 3.63) is 36.5 Å². The monoisotopic (exact) mass is 1140 g/mol. The normalized spacial score (nSPS) is 12.7. The first-order chi connectivity index (χ1) is 40.0. The van der Waals surface area contributed by atoms with E-state index in [0.717, 1.165) is 44.9 Å². The van der Waals surface area contributed by atoms with Crippen LogP contribution in [0.2, 0.25) is 0 Å². The molecule has 0 aliphatic carbocycles. The Bertz CT molecular complexity index is 1310. The zero-order chi connectivity index (χ0) is 58.5. The van der Waals surface area contributed by atoms with Crippen LogP contribution in [0.4, 0.5) is 0 Å². The summed E-state index contributed by atoms with van der Waals surface area (Å²) in [7, 11) is 0. The van der Waals surface area contributed by atoms with E-state index in [1.165, 1.54) is 334 Å². The van der Waals surface area contributed by atoms with Gasteiger partial charge in [0.15, 0.2) is 0 Å². The Balaban J connectivity index is 3.42. The van der Waals surface area contributed by atoms with Crippen LogP contribution in [0, 0.1) is 0 Å². The molecule has 0 aliphatic rings. The lowest BCUT2D eigenvalue weighted by molar-refractivity contribution is -0.143. The highest BCUT2D eigenvalue weighted by atomic mass is 16.5. The topological polar surface area (TPSA) is 95.9 Å². The molecule has 0 saturated carbocycles. The molecule has 0 rings (SSSR count). The second-order valence-electron chi connectivity index (χ2n) is 25.3. The summed E-state index contributed by atoms with van der Waals surface area (Å²) in [4.78, 5) is 24.6. The number of hydrogen-bond donors (Lipinski definition) is 3. The van der Waals surface area contributed by atoms with Crippen LogP contribution in [0.15, 0.2) is 36.5 Å². The van der Waals surface area contributed by atoms with Crippen molar-refractivity contribution in [3.63, 3.8) is 0 Å². The summed E-state index contributed by atoms with van der Waals surface area (Å²) < 4.78 is 5.48. The number of amides is 1. The number of rotatable bonds is 69. The molecule has 0 heterocycles. The fourth-order valence-electron chi connectivity index (χ4n) is 11.5. The van der Waals surface area contributed by atoms with Crippen molar-refractivity contribution in [1.29, 1.82) is 0 Å². The summed E-state index contributed by atoms with van der Waals surface area (Å²) in [5.41, 5.74) is 0. The first-order valence-corrected chi connectivity index (χ1v) is 36.8. The average molecular weight is 1140 g/mol. The largest absolute Gasteiger partial charge is 0.466 e. The van der Waals surface area contributed by atoms with Crippen LogP contribution in [-0.2, 0) is 14.3 Å². The van der Waals surface area contributed by atoms with Crippen LogP contribution in [-0.4, -0.2) is 47.4 Å². The van der Waals surface area contributed by atoms with Gasteiger partial charge in [0.25, 0.3) is 0 Å². The van der Waals surface area contributed by atoms with E-state index in [2.05, 4.69) is 43.5 Å². The Morgan fingerprint density at radius 3 is 0.889 bits per heavy atom. The molecule has 0 aromatic heterocycles. The van der Waals surface area contributed by atoms with Crippen LogP contribution in [0.5, 0.6) is 0 Å². The number of nitrogens with one attached hydrogen (secondary N) is 1. The van der Waals surface area contributed by atoms with Crippen molar-refractivity contribution in [2.75, 3.05) is 13.2 Å². The maximum atomic E-state index is 12.5. The van der Waals surface area contributed by atoms with Gasteiger partial charge < -0.3 is 20.3 Å². The third-order valence-corrected chi connectivity index (χ3v) is 17.1. The molecule has 6 heteroatoms. The van der Waals surface area contributed by atoms with Crippen molar-refractivity contribution >= 4 is 11.9 Å². The first-order valence-electron chi connectivity index (χ1n) is 36.8. The molecular weight excluding hydrogens is 995 g/mol. The van der Waals surface area contributed by atoms with E-state index in [1.54, 1.807) is 6.08 Å². The SMILES string of the molecule is CCCCCC/C=C\CCCCCCCC(=O)OCCCCCCCCCCCCCC/C=C\CCCCCCCCCCCCC(=O)NC(CO)C(O)/C=C/CCCCCCCCCCCCCCCCCCCCCCCCC. The minimum Gasteiger partial charge on any atom is -0.466 e. The van der Waals surface area contributed by atoms with Crippen LogP contribution in [0.1, 0.15) is 406 Å². The number of carbonyl (C=O) groups excluding carboxylic acids is 2. The Kier molecular flexibility index (Phi) is 68.9. The maximum Gasteiger partial charge on any atom is 0.305 e. The van der Waals surface area contributed by atoms with Gasteiger partial charge in [0.1, 0.15) is 0 Å². The number of aliphatic hydroxyl groups excluding tert-OH is 2. The minimum absolute atomic E-state index is 0.00518. The number of esters is 1. The van der Waals surface area contributed by atoms with E-state index in [0.29, 0.717) is 19.4 Å². The Hall–Kier alpha value is -1.92. The Morgan fingerprint density at radius 1 is 0.333 bits per heavy atom. The molecule has 0 spiro atoms. The van der Waals surface area contributed by atoms with Gasteiger partial charge in [-0.05, 0) is 83.5 Å². The van der Waals surface area contributed by atoms with Gasteiger partial charge in [0.2, 0.25) is 5.91 Å². The molecule has 81 heavy (non-hydrogen) atoms. The Labute approximate surface area is 506 Å². The fraction of sp³-hybridized carbons (Fsp3) is 0.893. The highest BCUT2D eigenvalue weighted by molar-refractivity contribution is 5.76. The quantitative estimate of drug-likeness (QED) is 0.0320. The van der Waals surface area contributed by atoms with Gasteiger partial charge in [-0.2, -0.15) is 0 Å². The molecule has 0 saturated heterocycles. The van der Waals surface area contributed by atoms with Crippen LogP contribution < -0.4 is 5.32 Å². The van der Waals surface area contributed by atoms with Gasteiger partial charge >= 0.3 is 5.97 Å². The molecule has 0 radical (unpaired) electrons. The second kappa shape index (κ2) is 70.6. The molecule has 0 bridgehead atoms. The number of allylic oxidation sites excluding steroid dienone is 5. The lowest BCUT2D eigenvalue weighted by atomic mass is 10.0. The van der Waals surface area contributed by atoms with E-state index in [1.807, 2.05) is 6.08 Å². The summed E-state index contributed by atoms with van der Waals surface area (Å²) in [5, 5.41) is 23.3. The van der Waals surface area contributed by atoms with E-state index in [4.69, 9.17) is 4.74 Å². The third kappa shape index (κ3) is 67.1. The predicted molar refractivity (Wildman–Crippen MR) is 356 cm³/mol. The number of aliphatic hydroxyl groups is 2. The minimum atomic E-state index is -0.848. The van der Waals surface area contributed by atoms with Crippen LogP contribution in [0.25, 0.3) is 0 Å². The maximum absolute atomic E-state index is 12.5. The van der Waals surface area contributed by atoms with Crippen molar-refractivity contribution < 1.29 is 24.5 Å². The molecule has 1 amide bonds. The van der Waals surface area contributed by atoms with E-state index < -0.39 is 12.1 Å². The smallest absolute Gasteiger partial charge is 0.305 e. The summed E-state index contributed by atoms with van der Waals surface area (Å²) in [6, 6.07) is -0.631. The van der Waals surface area contributed by atoms with E-state index in [9.17, 15) is 19.8 Å². The zero-order valence-electron chi connectivity index (χ0n) is 54.8. The fourth-order valence-corrected chi connectivity index (χ4v) is 11.5. The van der Waals surface area contributed by atoms with Crippen molar-refractivity contribution in [2.24, 2.45) is 0 Å². The van der Waals surface area contributed by atoms with Crippen molar-refractivity contribution in [1.82, 2.24) is 5.32 Å². The molecule has 6 nitrogen and oxygen atoms in total. The molecule has 2 atom stereocenters. The average Bonchev–Trinajstić information content (AvgIpc) is 3.47. The van der Waals surface area contributed by atoms with Gasteiger partial charge in [-0.1, -0.05) is 346 Å². The van der Waals surface area contributed by atoms with Crippen LogP contribution in [0.3, 0.4) is 0 Å². The third-order valence-electron chi connectivity index (χ3n) is 17.1. The van der Waals surface area contributed by atoms with E-state index in [-0.39, 0.29) is 18.5 Å². The number of carbonyl (C=O) groups is 2. The predicted octanol–water partition coefficient (Wildman–Crippen LogP) is 23.9. The van der Waals surface area contributed by atoms with E-state index >= 15 is 0 Å². The standard InChI is InChI=1S/C75H143NO5/c1-3-5-7-9-11-13-15-17-18-19-20-21-22-25-28-31-34-37-40-44-47-51-55-59-63-67-73(78)72(71-77)76-74(79)68-64-60-56-52-48-45-41-38-35-32-29-26-23-24-27-30-33-36-39-42-46-50-54-58-62-66-70-81-75(80)69-65-61-57-53-49-43-16-14-12-10-8-6-4-2/h14,16,23,26,63,67,72-73,77-78H,3-13,15,17-22,24-25,27-62,64-66,68-71H2,1-2H3,(H,76,79)/b16-14-,26-23-,67-63+. The second-order valence-corrected chi connectivity index (χ2v) is 25.3. The summed E-state index contributed by atoms with van der Waals surface area (Å²) >= 11 is 0. The van der Waals surface area contributed by atoms with Gasteiger partial charge in [0, 0.05) is 12.8 Å². The number of unbranched alkanes of at least 4 members (excludes halogenated alkanes) is 54. The number of ether oxygens (including phenoxy) is 1. The van der Waals surface area contributed by atoms with Gasteiger partial charge in [0.05, 0.1) is 25.4 Å². The molecule has 0 aromatic carbocycles. The molecule has 2 unspecified atom stereocenters. The van der Waals surface area contributed by atoms with Crippen molar-refractivity contribution in [2.45, 2.75) is 418 Å². The molecule has 0 aromatic rings. The zero-order valence-corrected chi connectivity index (χ0v) is 54.8. The van der Waals surface area contributed by atoms with Gasteiger partial charge in [-0.25, -0.2) is 0 Å². The lowest BCUT2D eigenvalue weighted by Gasteiger charge is -2.20. The van der Waals surface area contributed by atoms with Gasteiger partial charge in [-0.15, -0.1) is 0 Å². The Morgan fingerprint density at radius 2 is 0.580 bits per heavy atom. The van der Waals surface area contributed by atoms with Crippen LogP contribution >= 0.6 is 0 Å². The molecule has 0 fully saturated rings.